The number of rotatable bonds is 5. The predicted octanol–water partition coefficient (Wildman–Crippen LogP) is 3.28. The lowest BCUT2D eigenvalue weighted by Crippen LogP contribution is -2.30. The van der Waals surface area contributed by atoms with E-state index in [9.17, 15) is 9.18 Å². The maximum absolute atomic E-state index is 12.9. The van der Waals surface area contributed by atoms with Crippen molar-refractivity contribution in [3.8, 4) is 17.2 Å². The molecule has 0 fully saturated rings. The third-order valence-electron chi connectivity index (χ3n) is 3.26. The number of amides is 1. The van der Waals surface area contributed by atoms with E-state index < -0.39 is 6.10 Å². The highest BCUT2D eigenvalue weighted by Crippen LogP contribution is 2.21. The van der Waals surface area contributed by atoms with Crippen molar-refractivity contribution in [1.82, 2.24) is 10.2 Å². The van der Waals surface area contributed by atoms with Gasteiger partial charge in [-0.3, -0.25) is 4.79 Å². The van der Waals surface area contributed by atoms with Gasteiger partial charge in [0.15, 0.2) is 6.10 Å². The molecule has 0 unspecified atom stereocenters. The monoisotopic (exact) mass is 327 g/mol. The summed E-state index contributed by atoms with van der Waals surface area (Å²) >= 11 is 0. The molecule has 0 saturated heterocycles. The van der Waals surface area contributed by atoms with Gasteiger partial charge in [-0.1, -0.05) is 0 Å². The number of hydrogen-bond acceptors (Lipinski definition) is 5. The summed E-state index contributed by atoms with van der Waals surface area (Å²) in [6.45, 7) is 1.63. The van der Waals surface area contributed by atoms with E-state index in [1.54, 1.807) is 31.2 Å². The number of aromatic nitrogens is 2. The Morgan fingerprint density at radius 3 is 2.50 bits per heavy atom. The SMILES string of the molecule is C[C@H](Oc1ccc(-c2nnco2)cc1)C(=O)Nc1ccc(F)cc1. The number of halogens is 1. The highest BCUT2D eigenvalue weighted by molar-refractivity contribution is 5.94. The molecule has 1 aromatic heterocycles. The fourth-order valence-corrected chi connectivity index (χ4v) is 2.01. The molecule has 3 aromatic rings. The highest BCUT2D eigenvalue weighted by Gasteiger charge is 2.15. The molecule has 122 valence electrons. The Hall–Kier alpha value is -3.22. The van der Waals surface area contributed by atoms with E-state index >= 15 is 0 Å². The summed E-state index contributed by atoms with van der Waals surface area (Å²) in [6.07, 6.45) is 0.533. The molecule has 7 heteroatoms. The van der Waals surface area contributed by atoms with Gasteiger partial charge in [0.1, 0.15) is 11.6 Å². The summed E-state index contributed by atoms with van der Waals surface area (Å²) < 4.78 is 23.5. The van der Waals surface area contributed by atoms with Crippen molar-refractivity contribution >= 4 is 11.6 Å². The summed E-state index contributed by atoms with van der Waals surface area (Å²) in [5.41, 5.74) is 1.26. The van der Waals surface area contributed by atoms with Crippen LogP contribution in [0.2, 0.25) is 0 Å². The molecule has 0 saturated carbocycles. The van der Waals surface area contributed by atoms with Gasteiger partial charge in [0.2, 0.25) is 12.3 Å². The lowest BCUT2D eigenvalue weighted by Gasteiger charge is -2.15. The van der Waals surface area contributed by atoms with E-state index in [1.807, 2.05) is 0 Å². The van der Waals surface area contributed by atoms with Crippen LogP contribution in [0, 0.1) is 5.82 Å². The fraction of sp³-hybridized carbons (Fsp3) is 0.118. The lowest BCUT2D eigenvalue weighted by molar-refractivity contribution is -0.122. The molecule has 0 radical (unpaired) electrons. The van der Waals surface area contributed by atoms with Gasteiger partial charge in [-0.2, -0.15) is 0 Å². The molecule has 0 aliphatic carbocycles. The van der Waals surface area contributed by atoms with Crippen molar-refractivity contribution in [1.29, 1.82) is 0 Å². The Morgan fingerprint density at radius 2 is 1.88 bits per heavy atom. The largest absolute Gasteiger partial charge is 0.481 e. The van der Waals surface area contributed by atoms with Gasteiger partial charge in [-0.05, 0) is 55.5 Å². The summed E-state index contributed by atoms with van der Waals surface area (Å²) in [4.78, 5) is 12.1. The highest BCUT2D eigenvalue weighted by atomic mass is 19.1. The van der Waals surface area contributed by atoms with E-state index in [2.05, 4.69) is 15.5 Å². The first kappa shape index (κ1) is 15.7. The maximum Gasteiger partial charge on any atom is 0.265 e. The molecule has 1 N–H and O–H groups in total. The summed E-state index contributed by atoms with van der Waals surface area (Å²) in [6, 6.07) is 12.5. The van der Waals surface area contributed by atoms with Crippen LogP contribution >= 0.6 is 0 Å². The summed E-state index contributed by atoms with van der Waals surface area (Å²) in [5, 5.41) is 10.1. The van der Waals surface area contributed by atoms with E-state index in [0.29, 0.717) is 17.3 Å². The van der Waals surface area contributed by atoms with Gasteiger partial charge < -0.3 is 14.5 Å². The van der Waals surface area contributed by atoms with E-state index in [4.69, 9.17) is 9.15 Å². The number of nitrogens with zero attached hydrogens (tertiary/aromatic N) is 2. The average molecular weight is 327 g/mol. The smallest absolute Gasteiger partial charge is 0.265 e. The number of benzene rings is 2. The normalized spacial score (nSPS) is 11.8. The fourth-order valence-electron chi connectivity index (χ4n) is 2.01. The first-order chi connectivity index (χ1) is 11.6. The van der Waals surface area contributed by atoms with Crippen LogP contribution in [0.5, 0.6) is 5.75 Å². The van der Waals surface area contributed by atoms with Gasteiger partial charge in [0, 0.05) is 11.3 Å². The molecule has 0 bridgehead atoms. The second-order valence-electron chi connectivity index (χ2n) is 5.02. The molecule has 0 aliphatic heterocycles. The molecule has 1 atom stereocenters. The number of carbonyl (C=O) groups is 1. The number of carbonyl (C=O) groups excluding carboxylic acids is 1. The first-order valence-electron chi connectivity index (χ1n) is 7.21. The summed E-state index contributed by atoms with van der Waals surface area (Å²) in [5.74, 6) is 0.241. The minimum absolute atomic E-state index is 0.331. The number of ether oxygens (including phenoxy) is 1. The lowest BCUT2D eigenvalue weighted by atomic mass is 10.2. The van der Waals surface area contributed by atoms with Crippen LogP contribution in [-0.2, 0) is 4.79 Å². The second-order valence-corrected chi connectivity index (χ2v) is 5.02. The predicted molar refractivity (Wildman–Crippen MR) is 84.9 cm³/mol. The van der Waals surface area contributed by atoms with Crippen LogP contribution in [0.4, 0.5) is 10.1 Å². The average Bonchev–Trinajstić information content (AvgIpc) is 3.12. The Labute approximate surface area is 137 Å². The molecule has 24 heavy (non-hydrogen) atoms. The van der Waals surface area contributed by atoms with Crippen molar-refractivity contribution in [3.05, 3.63) is 60.7 Å². The van der Waals surface area contributed by atoms with Crippen LogP contribution in [0.1, 0.15) is 6.92 Å². The third kappa shape index (κ3) is 3.75. The quantitative estimate of drug-likeness (QED) is 0.778. The number of anilines is 1. The molecule has 2 aromatic carbocycles. The van der Waals surface area contributed by atoms with E-state index in [0.717, 1.165) is 5.56 Å². The topological polar surface area (TPSA) is 77.2 Å². The molecule has 6 nitrogen and oxygen atoms in total. The van der Waals surface area contributed by atoms with Gasteiger partial charge in [0.25, 0.3) is 5.91 Å². The van der Waals surface area contributed by atoms with Gasteiger partial charge in [-0.15, -0.1) is 10.2 Å². The van der Waals surface area contributed by atoms with E-state index in [-0.39, 0.29) is 11.7 Å². The zero-order valence-electron chi connectivity index (χ0n) is 12.8. The maximum atomic E-state index is 12.9. The minimum atomic E-state index is -0.718. The standard InChI is InChI=1S/C17H14FN3O3/c1-11(16(22)20-14-6-4-13(18)5-7-14)24-15-8-2-12(3-9-15)17-21-19-10-23-17/h2-11H,1H3,(H,20,22)/t11-/m0/s1. The molecule has 3 rings (SSSR count). The zero-order valence-corrected chi connectivity index (χ0v) is 12.8. The first-order valence-corrected chi connectivity index (χ1v) is 7.21. The second kappa shape index (κ2) is 6.91. The molecule has 0 aliphatic rings. The molecule has 1 heterocycles. The molecule has 0 spiro atoms. The van der Waals surface area contributed by atoms with Gasteiger partial charge >= 0.3 is 0 Å². The van der Waals surface area contributed by atoms with Crippen molar-refractivity contribution < 1.29 is 18.3 Å². The van der Waals surface area contributed by atoms with Crippen molar-refractivity contribution in [2.45, 2.75) is 13.0 Å². The van der Waals surface area contributed by atoms with E-state index in [1.165, 1.54) is 30.7 Å². The Bertz CT molecular complexity index is 802. The summed E-state index contributed by atoms with van der Waals surface area (Å²) in [7, 11) is 0. The number of nitrogens with one attached hydrogen (secondary N) is 1. The third-order valence-corrected chi connectivity index (χ3v) is 3.26. The molecular formula is C17H14FN3O3. The van der Waals surface area contributed by atoms with Gasteiger partial charge in [-0.25, -0.2) is 4.39 Å². The minimum Gasteiger partial charge on any atom is -0.481 e. The zero-order chi connectivity index (χ0) is 16.9. The Kier molecular flexibility index (Phi) is 4.51. The van der Waals surface area contributed by atoms with Crippen LogP contribution in [0.3, 0.4) is 0 Å². The van der Waals surface area contributed by atoms with Crippen LogP contribution < -0.4 is 10.1 Å². The number of hydrogen-bond donors (Lipinski definition) is 1. The van der Waals surface area contributed by atoms with Crippen molar-refractivity contribution in [2.24, 2.45) is 0 Å². The Morgan fingerprint density at radius 1 is 1.17 bits per heavy atom. The van der Waals surface area contributed by atoms with Crippen LogP contribution in [0.15, 0.2) is 59.3 Å². The van der Waals surface area contributed by atoms with Crippen LogP contribution in [0.25, 0.3) is 11.5 Å². The Balaban J connectivity index is 1.60. The molecule has 1 amide bonds. The van der Waals surface area contributed by atoms with Gasteiger partial charge in [0.05, 0.1) is 0 Å². The van der Waals surface area contributed by atoms with Crippen LogP contribution in [-0.4, -0.2) is 22.2 Å². The van der Waals surface area contributed by atoms with Crippen molar-refractivity contribution in [2.75, 3.05) is 5.32 Å². The molecular weight excluding hydrogens is 313 g/mol. The van der Waals surface area contributed by atoms with Crippen molar-refractivity contribution in [3.63, 3.8) is 0 Å².